The molecule has 1 heterocycles. The Balaban J connectivity index is 2.65. The van der Waals surface area contributed by atoms with E-state index in [0.717, 1.165) is 0 Å². The first-order valence-electron chi connectivity index (χ1n) is 5.30. The monoisotopic (exact) mass is 241 g/mol. The zero-order valence-electron chi connectivity index (χ0n) is 9.73. The number of carboxylic acid groups (broad SMARTS) is 1. The number of carbonyl (C=O) groups is 2. The molecule has 1 amide bonds. The molecule has 1 aromatic rings. The van der Waals surface area contributed by atoms with Gasteiger partial charge in [0.25, 0.3) is 11.7 Å². The lowest BCUT2D eigenvalue weighted by Gasteiger charge is -2.26. The minimum Gasteiger partial charge on any atom is -0.481 e. The zero-order chi connectivity index (χ0) is 12.9. The van der Waals surface area contributed by atoms with Gasteiger partial charge in [-0.3, -0.25) is 9.59 Å². The molecule has 17 heavy (non-hydrogen) atoms. The topological polar surface area (TPSA) is 121 Å². The molecule has 0 spiro atoms. The van der Waals surface area contributed by atoms with E-state index in [4.69, 9.17) is 5.11 Å². The number of hydrogen-bond donors (Lipinski definition) is 3. The molecule has 0 atom stereocenters. The van der Waals surface area contributed by atoms with E-state index < -0.39 is 17.3 Å². The average Bonchev–Trinajstić information content (AvgIpc) is 2.84. The molecule has 0 aliphatic rings. The van der Waals surface area contributed by atoms with Gasteiger partial charge < -0.3 is 10.4 Å². The maximum atomic E-state index is 11.5. The molecule has 1 aromatic heterocycles. The normalized spacial score (nSPS) is 11.2. The molecule has 0 aliphatic heterocycles. The number of nitrogens with one attached hydrogen (secondary N) is 2. The van der Waals surface area contributed by atoms with Crippen LogP contribution in [0.4, 0.5) is 0 Å². The van der Waals surface area contributed by atoms with Crippen LogP contribution in [-0.4, -0.2) is 44.2 Å². The molecular formula is C9H15N5O3. The summed E-state index contributed by atoms with van der Waals surface area (Å²) in [7, 11) is 0. The molecule has 1 rings (SSSR count). The van der Waals surface area contributed by atoms with Gasteiger partial charge in [0.15, 0.2) is 0 Å². The van der Waals surface area contributed by atoms with Crippen molar-refractivity contribution in [3.05, 3.63) is 5.82 Å². The van der Waals surface area contributed by atoms with Gasteiger partial charge in [0.2, 0.25) is 0 Å². The summed E-state index contributed by atoms with van der Waals surface area (Å²) >= 11 is 0. The van der Waals surface area contributed by atoms with Gasteiger partial charge in [-0.25, -0.2) is 0 Å². The number of H-pyrrole nitrogens is 1. The number of tetrazole rings is 1. The Bertz CT molecular complexity index is 385. The van der Waals surface area contributed by atoms with E-state index in [9.17, 15) is 9.59 Å². The molecule has 0 unspecified atom stereocenters. The highest BCUT2D eigenvalue weighted by Crippen LogP contribution is 2.25. The van der Waals surface area contributed by atoms with Crippen LogP contribution in [0.15, 0.2) is 0 Å². The zero-order valence-corrected chi connectivity index (χ0v) is 9.73. The maximum Gasteiger partial charge on any atom is 0.311 e. The van der Waals surface area contributed by atoms with E-state index >= 15 is 0 Å². The lowest BCUT2D eigenvalue weighted by atomic mass is 9.82. The van der Waals surface area contributed by atoms with Crippen molar-refractivity contribution in [2.24, 2.45) is 5.41 Å². The first-order chi connectivity index (χ1) is 8.05. The number of nitrogens with zero attached hydrogens (tertiary/aromatic N) is 3. The van der Waals surface area contributed by atoms with Gasteiger partial charge in [0.05, 0.1) is 5.41 Å². The third kappa shape index (κ3) is 2.77. The number of rotatable bonds is 6. The lowest BCUT2D eigenvalue weighted by Crippen LogP contribution is -2.42. The van der Waals surface area contributed by atoms with E-state index in [1.54, 1.807) is 13.8 Å². The molecule has 0 aromatic carbocycles. The Hall–Kier alpha value is -1.99. The van der Waals surface area contributed by atoms with Gasteiger partial charge in [-0.05, 0) is 18.1 Å². The van der Waals surface area contributed by atoms with E-state index in [1.807, 2.05) is 0 Å². The first-order valence-corrected chi connectivity index (χ1v) is 5.30. The molecule has 0 fully saturated rings. The van der Waals surface area contributed by atoms with Crippen LogP contribution in [0, 0.1) is 5.41 Å². The predicted molar refractivity (Wildman–Crippen MR) is 57.2 cm³/mol. The van der Waals surface area contributed by atoms with Crippen LogP contribution in [0.25, 0.3) is 0 Å². The highest BCUT2D eigenvalue weighted by Gasteiger charge is 2.35. The summed E-state index contributed by atoms with van der Waals surface area (Å²) < 4.78 is 0. The molecule has 8 heteroatoms. The fourth-order valence-corrected chi connectivity index (χ4v) is 1.46. The van der Waals surface area contributed by atoms with E-state index in [2.05, 4.69) is 25.9 Å². The van der Waals surface area contributed by atoms with Gasteiger partial charge in [-0.15, -0.1) is 10.2 Å². The Morgan fingerprint density at radius 3 is 2.47 bits per heavy atom. The molecule has 0 radical (unpaired) electrons. The Morgan fingerprint density at radius 2 is 2.06 bits per heavy atom. The smallest absolute Gasteiger partial charge is 0.311 e. The van der Waals surface area contributed by atoms with Crippen molar-refractivity contribution in [3.63, 3.8) is 0 Å². The fraction of sp³-hybridized carbons (Fsp3) is 0.667. The third-order valence-corrected chi connectivity index (χ3v) is 2.94. The highest BCUT2D eigenvalue weighted by molar-refractivity contribution is 5.90. The van der Waals surface area contributed by atoms with Crippen LogP contribution >= 0.6 is 0 Å². The molecule has 94 valence electrons. The van der Waals surface area contributed by atoms with Crippen LogP contribution in [0.2, 0.25) is 0 Å². The van der Waals surface area contributed by atoms with Crippen molar-refractivity contribution < 1.29 is 14.7 Å². The summed E-state index contributed by atoms with van der Waals surface area (Å²) in [5.41, 5.74) is -0.945. The third-order valence-electron chi connectivity index (χ3n) is 2.94. The highest BCUT2D eigenvalue weighted by atomic mass is 16.4. The lowest BCUT2D eigenvalue weighted by molar-refractivity contribution is -0.149. The molecule has 0 bridgehead atoms. The van der Waals surface area contributed by atoms with Gasteiger partial charge in [-0.1, -0.05) is 13.8 Å². The summed E-state index contributed by atoms with van der Waals surface area (Å²) in [6.45, 7) is 3.60. The average molecular weight is 241 g/mol. The largest absolute Gasteiger partial charge is 0.481 e. The maximum absolute atomic E-state index is 11.5. The van der Waals surface area contributed by atoms with Crippen molar-refractivity contribution >= 4 is 11.9 Å². The second kappa shape index (κ2) is 5.37. The van der Waals surface area contributed by atoms with Gasteiger partial charge in [0, 0.05) is 6.54 Å². The van der Waals surface area contributed by atoms with E-state index in [1.165, 1.54) is 0 Å². The van der Waals surface area contributed by atoms with Crippen molar-refractivity contribution in [2.45, 2.75) is 26.7 Å². The van der Waals surface area contributed by atoms with E-state index in [-0.39, 0.29) is 12.4 Å². The predicted octanol–water partition coefficient (Wildman–Crippen LogP) is -0.179. The summed E-state index contributed by atoms with van der Waals surface area (Å²) in [4.78, 5) is 22.7. The Labute approximate surface area is 97.8 Å². The number of aromatic amines is 1. The van der Waals surface area contributed by atoms with Crippen molar-refractivity contribution in [2.75, 3.05) is 6.54 Å². The quantitative estimate of drug-likeness (QED) is 0.635. The minimum absolute atomic E-state index is 0.0444. The van der Waals surface area contributed by atoms with Crippen LogP contribution in [0.1, 0.15) is 37.3 Å². The second-order valence-corrected chi connectivity index (χ2v) is 3.71. The fourth-order valence-electron chi connectivity index (χ4n) is 1.46. The molecular weight excluding hydrogens is 226 g/mol. The molecule has 8 nitrogen and oxygen atoms in total. The van der Waals surface area contributed by atoms with Crippen LogP contribution in [-0.2, 0) is 4.79 Å². The SMILES string of the molecule is CCC(CC)(CNC(=O)c1nn[nH]n1)C(=O)O. The van der Waals surface area contributed by atoms with Gasteiger partial charge in [-0.2, -0.15) is 5.21 Å². The van der Waals surface area contributed by atoms with Crippen molar-refractivity contribution in [1.29, 1.82) is 0 Å². The minimum atomic E-state index is -0.945. The van der Waals surface area contributed by atoms with Crippen LogP contribution < -0.4 is 5.32 Å². The standard InChI is InChI=1S/C9H15N5O3/c1-3-9(4-2,8(16)17)5-10-7(15)6-11-13-14-12-6/h3-5H2,1-2H3,(H,10,15)(H,16,17)(H,11,12,13,14). The Morgan fingerprint density at radius 1 is 1.41 bits per heavy atom. The number of carboxylic acids is 1. The van der Waals surface area contributed by atoms with Gasteiger partial charge in [0.1, 0.15) is 0 Å². The number of amides is 1. The van der Waals surface area contributed by atoms with Crippen LogP contribution in [0.5, 0.6) is 0 Å². The first kappa shape index (κ1) is 13.1. The molecule has 0 aliphatic carbocycles. The summed E-state index contributed by atoms with van der Waals surface area (Å²) in [5, 5.41) is 24.1. The van der Waals surface area contributed by atoms with Crippen molar-refractivity contribution in [3.8, 4) is 0 Å². The number of aliphatic carboxylic acids is 1. The Kier molecular flexibility index (Phi) is 4.13. The van der Waals surface area contributed by atoms with Gasteiger partial charge >= 0.3 is 5.97 Å². The molecule has 0 saturated carbocycles. The second-order valence-electron chi connectivity index (χ2n) is 3.71. The van der Waals surface area contributed by atoms with Crippen LogP contribution in [0.3, 0.4) is 0 Å². The summed E-state index contributed by atoms with van der Waals surface area (Å²) in [5.74, 6) is -1.56. The number of aromatic nitrogens is 4. The van der Waals surface area contributed by atoms with Crippen molar-refractivity contribution in [1.82, 2.24) is 25.9 Å². The summed E-state index contributed by atoms with van der Waals surface area (Å²) in [6, 6.07) is 0. The van der Waals surface area contributed by atoms with E-state index in [0.29, 0.717) is 12.8 Å². The number of carbonyl (C=O) groups excluding carboxylic acids is 1. The molecule has 0 saturated heterocycles. The molecule has 3 N–H and O–H groups in total. The summed E-state index contributed by atoms with van der Waals surface area (Å²) in [6.07, 6.45) is 0.872. The number of hydrogen-bond acceptors (Lipinski definition) is 5.